The molecule has 1 aromatic carbocycles. The van der Waals surface area contributed by atoms with Gasteiger partial charge in [-0.15, -0.1) is 0 Å². The predicted octanol–water partition coefficient (Wildman–Crippen LogP) is 2.02. The predicted molar refractivity (Wildman–Crippen MR) is 112 cm³/mol. The van der Waals surface area contributed by atoms with Crippen LogP contribution in [-0.2, 0) is 10.1 Å². The number of benzene rings is 1. The van der Waals surface area contributed by atoms with Gasteiger partial charge in [0.15, 0.2) is 0 Å². The van der Waals surface area contributed by atoms with Crippen molar-refractivity contribution in [3.8, 4) is 0 Å². The first-order valence-electron chi connectivity index (χ1n) is 9.21. The molecule has 1 amide bonds. The van der Waals surface area contributed by atoms with Gasteiger partial charge in [-0.05, 0) is 37.6 Å². The molecule has 0 aliphatic heterocycles. The Morgan fingerprint density at radius 3 is 2.59 bits per heavy atom. The van der Waals surface area contributed by atoms with Crippen molar-refractivity contribution in [1.29, 1.82) is 0 Å². The molecule has 0 saturated heterocycles. The Hall–Kier alpha value is -2.82. The molecule has 0 aliphatic carbocycles. The lowest BCUT2D eigenvalue weighted by Crippen LogP contribution is -2.24. The van der Waals surface area contributed by atoms with Crippen molar-refractivity contribution in [3.05, 3.63) is 53.7 Å². The van der Waals surface area contributed by atoms with Gasteiger partial charge in [0.2, 0.25) is 0 Å². The number of nitrogens with one attached hydrogen (secondary N) is 2. The number of rotatable bonds is 11. The normalized spacial score (nSPS) is 11.5. The number of unbranched alkanes of at least 4 members (excludes halogenated alkanes) is 3. The maximum absolute atomic E-state index is 12.1. The van der Waals surface area contributed by atoms with E-state index in [4.69, 9.17) is 5.73 Å². The highest BCUT2D eigenvalue weighted by molar-refractivity contribution is 7.86. The molecule has 0 spiro atoms. The van der Waals surface area contributed by atoms with Crippen molar-refractivity contribution in [2.24, 2.45) is 10.8 Å². The number of carbonyl (C=O) groups excluding carboxylic acids is 1. The largest absolute Gasteiger partial charge is 0.352 e. The smallest absolute Gasteiger partial charge is 0.295 e. The number of pyridine rings is 1. The fourth-order valence-electron chi connectivity index (χ4n) is 2.51. The summed E-state index contributed by atoms with van der Waals surface area (Å²) in [6.07, 6.45) is 6.67. The van der Waals surface area contributed by atoms with Crippen LogP contribution in [0, 0.1) is 0 Å². The van der Waals surface area contributed by atoms with Gasteiger partial charge in [-0.25, -0.2) is 4.98 Å². The SMILES string of the molecule is NCCCCCCNC(=O)c1ccc(NN=Cc2ccccc2S(=O)(=O)O)nc1. The second-order valence-electron chi connectivity index (χ2n) is 6.27. The van der Waals surface area contributed by atoms with E-state index in [9.17, 15) is 17.8 Å². The molecule has 1 heterocycles. The quantitative estimate of drug-likeness (QED) is 0.188. The number of anilines is 1. The Morgan fingerprint density at radius 1 is 1.14 bits per heavy atom. The van der Waals surface area contributed by atoms with E-state index in [0.717, 1.165) is 25.7 Å². The number of amides is 1. The highest BCUT2D eigenvalue weighted by atomic mass is 32.2. The Bertz CT molecular complexity index is 930. The Morgan fingerprint density at radius 2 is 1.90 bits per heavy atom. The molecule has 2 aromatic rings. The van der Waals surface area contributed by atoms with Crippen LogP contribution in [0.1, 0.15) is 41.6 Å². The summed E-state index contributed by atoms with van der Waals surface area (Å²) in [5.74, 6) is 0.178. The molecule has 29 heavy (non-hydrogen) atoms. The molecule has 0 fully saturated rings. The van der Waals surface area contributed by atoms with E-state index in [1.54, 1.807) is 18.2 Å². The standard InChI is InChI=1S/C19H25N5O4S/c20-11-5-1-2-6-12-21-19(25)16-9-10-18(22-13-16)24-23-14-15-7-3-4-8-17(15)29(26,27)28/h3-4,7-10,13-14H,1-2,5-6,11-12,20H2,(H,21,25)(H,22,24)(H,26,27,28). The van der Waals surface area contributed by atoms with Gasteiger partial charge in [-0.3, -0.25) is 14.8 Å². The van der Waals surface area contributed by atoms with Crippen molar-refractivity contribution < 1.29 is 17.8 Å². The van der Waals surface area contributed by atoms with Gasteiger partial charge < -0.3 is 11.1 Å². The molecule has 1 aromatic heterocycles. The maximum Gasteiger partial charge on any atom is 0.295 e. The lowest BCUT2D eigenvalue weighted by molar-refractivity contribution is 0.0952. The lowest BCUT2D eigenvalue weighted by atomic mass is 10.2. The first-order chi connectivity index (χ1) is 13.9. The summed E-state index contributed by atoms with van der Waals surface area (Å²) in [7, 11) is -4.34. The summed E-state index contributed by atoms with van der Waals surface area (Å²) in [6.45, 7) is 1.29. The van der Waals surface area contributed by atoms with Gasteiger partial charge >= 0.3 is 0 Å². The molecular weight excluding hydrogens is 394 g/mol. The number of nitrogens with zero attached hydrogens (tertiary/aromatic N) is 2. The summed E-state index contributed by atoms with van der Waals surface area (Å²) in [4.78, 5) is 15.9. The molecule has 5 N–H and O–H groups in total. The summed E-state index contributed by atoms with van der Waals surface area (Å²) >= 11 is 0. The first-order valence-corrected chi connectivity index (χ1v) is 10.7. The van der Waals surface area contributed by atoms with Gasteiger partial charge in [-0.2, -0.15) is 13.5 Å². The zero-order chi connectivity index (χ0) is 21.1. The molecule has 0 radical (unpaired) electrons. The minimum absolute atomic E-state index is 0.201. The second kappa shape index (κ2) is 11.2. The van der Waals surface area contributed by atoms with Crippen LogP contribution in [0.4, 0.5) is 5.82 Å². The van der Waals surface area contributed by atoms with Crippen LogP contribution in [0.25, 0.3) is 0 Å². The number of nitrogens with two attached hydrogens (primary N) is 1. The highest BCUT2D eigenvalue weighted by Gasteiger charge is 2.13. The van der Waals surface area contributed by atoms with E-state index in [1.807, 2.05) is 0 Å². The summed E-state index contributed by atoms with van der Waals surface area (Å²) in [5, 5.41) is 6.76. The van der Waals surface area contributed by atoms with Crippen LogP contribution in [0.5, 0.6) is 0 Å². The Labute approximate surface area is 170 Å². The van der Waals surface area contributed by atoms with Crippen molar-refractivity contribution >= 4 is 28.1 Å². The zero-order valence-corrected chi connectivity index (χ0v) is 16.7. The third-order valence-corrected chi connectivity index (χ3v) is 4.95. The van der Waals surface area contributed by atoms with Gasteiger partial charge in [0.1, 0.15) is 10.7 Å². The molecule has 156 valence electrons. The molecule has 9 nitrogen and oxygen atoms in total. The van der Waals surface area contributed by atoms with Crippen LogP contribution < -0.4 is 16.5 Å². The van der Waals surface area contributed by atoms with Crippen molar-refractivity contribution in [2.45, 2.75) is 30.6 Å². The van der Waals surface area contributed by atoms with E-state index in [2.05, 4.69) is 20.8 Å². The monoisotopic (exact) mass is 419 g/mol. The zero-order valence-electron chi connectivity index (χ0n) is 15.9. The summed E-state index contributed by atoms with van der Waals surface area (Å²) in [6, 6.07) is 9.11. The average Bonchev–Trinajstić information content (AvgIpc) is 2.70. The minimum Gasteiger partial charge on any atom is -0.352 e. The van der Waals surface area contributed by atoms with Crippen molar-refractivity contribution in [1.82, 2.24) is 10.3 Å². The molecule has 0 atom stereocenters. The van der Waals surface area contributed by atoms with E-state index < -0.39 is 10.1 Å². The second-order valence-corrected chi connectivity index (χ2v) is 7.66. The lowest BCUT2D eigenvalue weighted by Gasteiger charge is -2.06. The third kappa shape index (κ3) is 7.60. The molecule has 2 rings (SSSR count). The van der Waals surface area contributed by atoms with E-state index in [0.29, 0.717) is 24.5 Å². The number of aromatic nitrogens is 1. The number of carbonyl (C=O) groups is 1. The molecule has 0 bridgehead atoms. The minimum atomic E-state index is -4.34. The van der Waals surface area contributed by atoms with Crippen LogP contribution in [0.15, 0.2) is 52.6 Å². The Balaban J connectivity index is 1.87. The van der Waals surface area contributed by atoms with Crippen LogP contribution in [0.3, 0.4) is 0 Å². The molecule has 0 aliphatic rings. The van der Waals surface area contributed by atoms with Crippen LogP contribution in [-0.4, -0.2) is 43.2 Å². The maximum atomic E-state index is 12.1. The van der Waals surface area contributed by atoms with Crippen LogP contribution in [0.2, 0.25) is 0 Å². The third-order valence-electron chi connectivity index (χ3n) is 4.02. The topological polar surface area (TPSA) is 147 Å². The molecule has 10 heteroatoms. The van der Waals surface area contributed by atoms with Crippen molar-refractivity contribution in [2.75, 3.05) is 18.5 Å². The molecule has 0 unspecified atom stereocenters. The van der Waals surface area contributed by atoms with E-state index in [-0.39, 0.29) is 16.4 Å². The van der Waals surface area contributed by atoms with Gasteiger partial charge in [0.25, 0.3) is 16.0 Å². The van der Waals surface area contributed by atoms with Crippen molar-refractivity contribution in [3.63, 3.8) is 0 Å². The number of hydrogen-bond acceptors (Lipinski definition) is 7. The fraction of sp³-hybridized carbons (Fsp3) is 0.316. The number of hydrogen-bond donors (Lipinski definition) is 4. The molecule has 0 saturated carbocycles. The highest BCUT2D eigenvalue weighted by Crippen LogP contribution is 2.13. The summed E-state index contributed by atoms with van der Waals surface area (Å²) < 4.78 is 31.9. The van der Waals surface area contributed by atoms with Gasteiger partial charge in [0, 0.05) is 18.3 Å². The summed E-state index contributed by atoms with van der Waals surface area (Å²) in [5.41, 5.74) is 8.74. The fourth-order valence-corrected chi connectivity index (χ4v) is 3.18. The Kier molecular flexibility index (Phi) is 8.71. The first kappa shape index (κ1) is 22.5. The van der Waals surface area contributed by atoms with Crippen LogP contribution >= 0.6 is 0 Å². The van der Waals surface area contributed by atoms with E-state index in [1.165, 1.54) is 30.6 Å². The number of hydrazone groups is 1. The molecular formula is C19H25N5O4S. The van der Waals surface area contributed by atoms with Gasteiger partial charge in [0.05, 0.1) is 11.8 Å². The van der Waals surface area contributed by atoms with E-state index >= 15 is 0 Å². The van der Waals surface area contributed by atoms with Gasteiger partial charge in [-0.1, -0.05) is 31.0 Å². The average molecular weight is 420 g/mol.